The first-order chi connectivity index (χ1) is 10.4. The summed E-state index contributed by atoms with van der Waals surface area (Å²) in [7, 11) is -3.24. The highest BCUT2D eigenvalue weighted by molar-refractivity contribution is 7.88. The van der Waals surface area contributed by atoms with Crippen molar-refractivity contribution in [2.45, 2.75) is 6.10 Å². The molecule has 2 fully saturated rings. The van der Waals surface area contributed by atoms with Crippen LogP contribution in [0, 0.1) is 5.92 Å². The minimum absolute atomic E-state index is 0.0119. The summed E-state index contributed by atoms with van der Waals surface area (Å²) in [6.07, 6.45) is 4.27. The zero-order valence-corrected chi connectivity index (χ0v) is 13.2. The van der Waals surface area contributed by atoms with Crippen LogP contribution in [0.2, 0.25) is 0 Å². The fourth-order valence-corrected chi connectivity index (χ4v) is 3.87. The smallest absolute Gasteiger partial charge is 0.255 e. The predicted molar refractivity (Wildman–Crippen MR) is 79.8 cm³/mol. The Hall–Kier alpha value is -1.51. The molecule has 2 saturated heterocycles. The Bertz CT molecular complexity index is 649. The molecule has 0 saturated carbocycles. The molecule has 1 aromatic heterocycles. The maximum absolute atomic E-state index is 12.5. The van der Waals surface area contributed by atoms with Gasteiger partial charge >= 0.3 is 0 Å². The third-order valence-corrected chi connectivity index (χ3v) is 5.43. The van der Waals surface area contributed by atoms with E-state index < -0.39 is 10.0 Å². The third kappa shape index (κ3) is 3.13. The van der Waals surface area contributed by atoms with Crippen molar-refractivity contribution in [3.05, 3.63) is 30.1 Å². The first-order valence-electron chi connectivity index (χ1n) is 7.21. The number of aromatic nitrogens is 1. The molecule has 0 radical (unpaired) electrons. The lowest BCUT2D eigenvalue weighted by atomic mass is 10.1. The van der Waals surface area contributed by atoms with Crippen molar-refractivity contribution in [1.29, 1.82) is 0 Å². The number of carbonyl (C=O) groups is 1. The lowest BCUT2D eigenvalue weighted by Gasteiger charge is -2.21. The summed E-state index contributed by atoms with van der Waals surface area (Å²) in [4.78, 5) is 18.1. The van der Waals surface area contributed by atoms with E-state index in [0.717, 1.165) is 0 Å². The number of rotatable bonds is 2. The quantitative estimate of drug-likeness (QED) is 0.753. The van der Waals surface area contributed by atoms with Gasteiger partial charge in [0.25, 0.3) is 5.91 Å². The van der Waals surface area contributed by atoms with Crippen LogP contribution in [0.1, 0.15) is 10.4 Å². The third-order valence-electron chi connectivity index (χ3n) is 4.16. The molecule has 8 heteroatoms. The van der Waals surface area contributed by atoms with E-state index in [1.54, 1.807) is 29.4 Å². The molecule has 0 unspecified atom stereocenters. The minimum Gasteiger partial charge on any atom is -0.375 e. The van der Waals surface area contributed by atoms with Crippen LogP contribution in [0.3, 0.4) is 0 Å². The highest BCUT2D eigenvalue weighted by Crippen LogP contribution is 2.25. The maximum atomic E-state index is 12.5. The number of hydrogen-bond acceptors (Lipinski definition) is 5. The molecule has 3 heterocycles. The van der Waals surface area contributed by atoms with Gasteiger partial charge in [0.1, 0.15) is 0 Å². The lowest BCUT2D eigenvalue weighted by molar-refractivity contribution is 0.0491. The molecule has 2 atom stereocenters. The normalized spacial score (nSPS) is 26.5. The number of carbonyl (C=O) groups excluding carboxylic acids is 1. The van der Waals surface area contributed by atoms with Gasteiger partial charge in [-0.3, -0.25) is 9.78 Å². The number of likely N-dealkylation sites (tertiary alicyclic amines) is 1. The number of ether oxygens (including phenoxy) is 1. The summed E-state index contributed by atoms with van der Waals surface area (Å²) in [5.74, 6) is -0.0754. The van der Waals surface area contributed by atoms with Gasteiger partial charge in [0.2, 0.25) is 10.0 Å². The molecule has 7 nitrogen and oxygen atoms in total. The second kappa shape index (κ2) is 5.94. The second-order valence-corrected chi connectivity index (χ2v) is 7.72. The highest BCUT2D eigenvalue weighted by Gasteiger charge is 2.40. The van der Waals surface area contributed by atoms with Gasteiger partial charge in [-0.15, -0.1) is 0 Å². The van der Waals surface area contributed by atoms with E-state index in [1.165, 1.54) is 10.6 Å². The van der Waals surface area contributed by atoms with Gasteiger partial charge in [-0.2, -0.15) is 4.31 Å². The summed E-state index contributed by atoms with van der Waals surface area (Å²) in [5, 5.41) is 0. The zero-order chi connectivity index (χ0) is 15.7. The van der Waals surface area contributed by atoms with Crippen molar-refractivity contribution in [3.8, 4) is 0 Å². The zero-order valence-electron chi connectivity index (χ0n) is 12.4. The van der Waals surface area contributed by atoms with Gasteiger partial charge < -0.3 is 9.64 Å². The summed E-state index contributed by atoms with van der Waals surface area (Å²) in [5.41, 5.74) is 0.541. The van der Waals surface area contributed by atoms with E-state index in [9.17, 15) is 13.2 Å². The van der Waals surface area contributed by atoms with Crippen LogP contribution in [0.25, 0.3) is 0 Å². The van der Waals surface area contributed by atoms with Crippen LogP contribution in [0.5, 0.6) is 0 Å². The molecule has 0 aromatic carbocycles. The van der Waals surface area contributed by atoms with Gasteiger partial charge in [-0.25, -0.2) is 8.42 Å². The van der Waals surface area contributed by atoms with Crippen LogP contribution in [-0.2, 0) is 14.8 Å². The minimum atomic E-state index is -3.24. The molecular weight excluding hydrogens is 306 g/mol. The Kier molecular flexibility index (Phi) is 4.16. The Balaban J connectivity index is 1.72. The Morgan fingerprint density at radius 2 is 2.18 bits per heavy atom. The van der Waals surface area contributed by atoms with E-state index in [4.69, 9.17) is 4.74 Å². The van der Waals surface area contributed by atoms with Crippen molar-refractivity contribution < 1.29 is 17.9 Å². The van der Waals surface area contributed by atoms with E-state index in [1.807, 2.05) is 0 Å². The van der Waals surface area contributed by atoms with Crippen molar-refractivity contribution in [2.24, 2.45) is 5.92 Å². The average Bonchev–Trinajstić information content (AvgIpc) is 2.78. The van der Waals surface area contributed by atoms with Gasteiger partial charge in [-0.05, 0) is 12.1 Å². The standard InChI is InChI=1S/C14H19N3O4S/c1-22(19,20)17-5-6-21-13-10-16(8-12(13)9-17)14(18)11-3-2-4-15-7-11/h2-4,7,12-13H,5-6,8-10H2,1H3/t12-,13-/m1/s1. The van der Waals surface area contributed by atoms with Crippen LogP contribution < -0.4 is 0 Å². The van der Waals surface area contributed by atoms with Gasteiger partial charge in [-0.1, -0.05) is 0 Å². The van der Waals surface area contributed by atoms with Crippen LogP contribution in [0.15, 0.2) is 24.5 Å². The molecule has 2 aliphatic rings. The molecule has 0 N–H and O–H groups in total. The van der Waals surface area contributed by atoms with E-state index in [-0.39, 0.29) is 17.9 Å². The number of pyridine rings is 1. The van der Waals surface area contributed by atoms with Crippen molar-refractivity contribution in [3.63, 3.8) is 0 Å². The van der Waals surface area contributed by atoms with E-state index >= 15 is 0 Å². The monoisotopic (exact) mass is 325 g/mol. The maximum Gasteiger partial charge on any atom is 0.255 e. The molecular formula is C14H19N3O4S. The molecule has 22 heavy (non-hydrogen) atoms. The Labute approximate surface area is 129 Å². The number of hydrogen-bond donors (Lipinski definition) is 0. The summed E-state index contributed by atoms with van der Waals surface area (Å²) in [6, 6.07) is 3.45. The Morgan fingerprint density at radius 1 is 1.36 bits per heavy atom. The number of sulfonamides is 1. The van der Waals surface area contributed by atoms with Crippen LogP contribution >= 0.6 is 0 Å². The topological polar surface area (TPSA) is 79.8 Å². The first kappa shape index (κ1) is 15.4. The van der Waals surface area contributed by atoms with Crippen molar-refractivity contribution in [2.75, 3.05) is 39.0 Å². The average molecular weight is 325 g/mol. The fraction of sp³-hybridized carbons (Fsp3) is 0.571. The van der Waals surface area contributed by atoms with Gasteiger partial charge in [0.05, 0.1) is 24.5 Å². The van der Waals surface area contributed by atoms with Crippen LogP contribution in [-0.4, -0.2) is 73.7 Å². The summed E-state index contributed by atoms with van der Waals surface area (Å²) in [6.45, 7) is 2.15. The SMILES string of the molecule is CS(=O)(=O)N1CCO[C@@H]2CN(C(=O)c3cccnc3)C[C@@H]2C1. The molecule has 2 aliphatic heterocycles. The molecule has 1 aromatic rings. The Morgan fingerprint density at radius 3 is 2.86 bits per heavy atom. The number of fused-ring (bicyclic) bond motifs is 1. The molecule has 0 aliphatic carbocycles. The lowest BCUT2D eigenvalue weighted by Crippen LogP contribution is -2.37. The number of amides is 1. The van der Waals surface area contributed by atoms with Crippen LogP contribution in [0.4, 0.5) is 0 Å². The first-order valence-corrected chi connectivity index (χ1v) is 9.06. The largest absolute Gasteiger partial charge is 0.375 e. The van der Waals surface area contributed by atoms with Crippen molar-refractivity contribution in [1.82, 2.24) is 14.2 Å². The van der Waals surface area contributed by atoms with E-state index in [2.05, 4.69) is 4.98 Å². The number of nitrogens with zero attached hydrogens (tertiary/aromatic N) is 3. The highest BCUT2D eigenvalue weighted by atomic mass is 32.2. The van der Waals surface area contributed by atoms with E-state index in [0.29, 0.717) is 38.3 Å². The fourth-order valence-electron chi connectivity index (χ4n) is 3.00. The van der Waals surface area contributed by atoms with Gasteiger partial charge in [0.15, 0.2) is 0 Å². The predicted octanol–water partition coefficient (Wildman–Crippen LogP) is -0.186. The van der Waals surface area contributed by atoms with Crippen molar-refractivity contribution >= 4 is 15.9 Å². The molecule has 0 bridgehead atoms. The molecule has 3 rings (SSSR count). The molecule has 1 amide bonds. The molecule has 120 valence electrons. The summed E-state index contributed by atoms with van der Waals surface area (Å²) < 4.78 is 30.7. The molecule has 0 spiro atoms. The second-order valence-electron chi connectivity index (χ2n) is 5.74. The summed E-state index contributed by atoms with van der Waals surface area (Å²) >= 11 is 0. The van der Waals surface area contributed by atoms with Gasteiger partial charge in [0, 0.05) is 44.5 Å².